The molecule has 0 N–H and O–H groups in total. The second-order valence-corrected chi connectivity index (χ2v) is 4.70. The number of rotatable bonds is 1. The number of hydrogen-bond acceptors (Lipinski definition) is 2. The van der Waals surface area contributed by atoms with Gasteiger partial charge in [-0.1, -0.05) is 23.2 Å². The summed E-state index contributed by atoms with van der Waals surface area (Å²) >= 11 is 12.4. The predicted octanol–water partition coefficient (Wildman–Crippen LogP) is 4.70. The zero-order valence-electron chi connectivity index (χ0n) is 10.5. The van der Waals surface area contributed by atoms with Crippen molar-refractivity contribution >= 4 is 45.0 Å². The third-order valence-corrected chi connectivity index (χ3v) is 3.44. The van der Waals surface area contributed by atoms with E-state index >= 15 is 0 Å². The Morgan fingerprint density at radius 1 is 1.11 bits per heavy atom. The average molecular weight is 279 g/mol. The summed E-state index contributed by atoms with van der Waals surface area (Å²) in [5, 5.41) is 2.67. The quantitative estimate of drug-likeness (QED) is 0.602. The van der Waals surface area contributed by atoms with Crippen LogP contribution in [0, 0.1) is 0 Å². The lowest BCUT2D eigenvalue weighted by atomic mass is 10.1. The van der Waals surface area contributed by atoms with Crippen LogP contribution in [0.25, 0.3) is 21.8 Å². The van der Waals surface area contributed by atoms with Crippen molar-refractivity contribution in [3.8, 4) is 5.75 Å². The summed E-state index contributed by atoms with van der Waals surface area (Å²) in [5.74, 6) is 0.592. The van der Waals surface area contributed by atoms with E-state index in [2.05, 4.69) is 4.98 Å². The fourth-order valence-corrected chi connectivity index (χ4v) is 2.37. The van der Waals surface area contributed by atoms with Crippen LogP contribution in [0.15, 0.2) is 36.4 Å². The first-order chi connectivity index (χ1) is 9.10. The van der Waals surface area contributed by atoms with Crippen LogP contribution in [-0.4, -0.2) is 12.1 Å². The van der Waals surface area contributed by atoms with Gasteiger partial charge in [-0.2, -0.15) is 0 Å². The Bertz CT molecular complexity index is 804. The summed E-state index contributed by atoms with van der Waals surface area (Å²) in [6, 6.07) is 9.02. The van der Waals surface area contributed by atoms with Gasteiger partial charge in [0, 0.05) is 15.8 Å². The van der Waals surface area contributed by atoms with Crippen molar-refractivity contribution in [1.82, 2.24) is 4.98 Å². The van der Waals surface area contributed by atoms with Gasteiger partial charge in [0.1, 0.15) is 5.75 Å². The Balaban J connectivity index is 2.49. The molecule has 0 aliphatic rings. The van der Waals surface area contributed by atoms with Gasteiger partial charge in [0.05, 0.1) is 24.5 Å². The van der Waals surface area contributed by atoms with Crippen LogP contribution in [0.1, 0.15) is 1.37 Å². The van der Waals surface area contributed by atoms with Crippen LogP contribution in [0.3, 0.4) is 0 Å². The molecule has 0 atom stereocenters. The molecular formula is C14H9Cl2NO. The first-order valence-corrected chi connectivity index (χ1v) is 6.09. The molecule has 0 bridgehead atoms. The van der Waals surface area contributed by atoms with Gasteiger partial charge >= 0.3 is 0 Å². The number of fused-ring (bicyclic) bond motifs is 2. The maximum absolute atomic E-state index is 8.00. The lowest BCUT2D eigenvalue weighted by Gasteiger charge is -2.07. The number of benzene rings is 2. The lowest BCUT2D eigenvalue weighted by molar-refractivity contribution is 0.415. The van der Waals surface area contributed by atoms with Crippen molar-refractivity contribution in [3.05, 3.63) is 46.4 Å². The molecule has 2 nitrogen and oxygen atoms in total. The van der Waals surface area contributed by atoms with Gasteiger partial charge < -0.3 is 4.74 Å². The molecule has 1 aromatic heterocycles. The van der Waals surface area contributed by atoms with E-state index in [0.717, 1.165) is 5.39 Å². The summed E-state index contributed by atoms with van der Waals surface area (Å²) in [4.78, 5) is 4.46. The van der Waals surface area contributed by atoms with Crippen LogP contribution in [0.2, 0.25) is 10.0 Å². The zero-order chi connectivity index (χ0) is 13.6. The third kappa shape index (κ3) is 1.78. The van der Waals surface area contributed by atoms with Crippen LogP contribution in [0.4, 0.5) is 0 Å². The number of methoxy groups -OCH3 is 1. The molecule has 0 spiro atoms. The first kappa shape index (κ1) is 10.4. The first-order valence-electron chi connectivity index (χ1n) is 5.83. The predicted molar refractivity (Wildman–Crippen MR) is 75.8 cm³/mol. The Morgan fingerprint density at radius 2 is 1.94 bits per heavy atom. The molecule has 0 saturated heterocycles. The normalized spacial score (nSPS) is 11.8. The highest BCUT2D eigenvalue weighted by Crippen LogP contribution is 2.33. The molecule has 0 amide bonds. The lowest BCUT2D eigenvalue weighted by Crippen LogP contribution is -1.87. The van der Waals surface area contributed by atoms with Crippen LogP contribution >= 0.6 is 23.2 Å². The summed E-state index contributed by atoms with van der Waals surface area (Å²) in [6.07, 6.45) is 0. The fourth-order valence-electron chi connectivity index (χ4n) is 1.90. The minimum atomic E-state index is 0.276. The van der Waals surface area contributed by atoms with Crippen molar-refractivity contribution in [2.45, 2.75) is 0 Å². The topological polar surface area (TPSA) is 22.1 Å². The van der Waals surface area contributed by atoms with E-state index in [1.54, 1.807) is 31.4 Å². The van der Waals surface area contributed by atoms with E-state index in [1.165, 1.54) is 0 Å². The highest BCUT2D eigenvalue weighted by molar-refractivity contribution is 6.40. The molecular weight excluding hydrogens is 269 g/mol. The van der Waals surface area contributed by atoms with E-state index in [0.29, 0.717) is 32.2 Å². The Labute approximate surface area is 116 Å². The van der Waals surface area contributed by atoms with Gasteiger partial charge in [-0.25, -0.2) is 4.98 Å². The highest BCUT2D eigenvalue weighted by Gasteiger charge is 2.08. The van der Waals surface area contributed by atoms with Gasteiger partial charge in [0.15, 0.2) is 0 Å². The minimum Gasteiger partial charge on any atom is -0.497 e. The molecule has 0 radical (unpaired) electrons. The van der Waals surface area contributed by atoms with E-state index < -0.39 is 0 Å². The number of nitrogens with zero attached hydrogens (tertiary/aromatic N) is 1. The second-order valence-electron chi connectivity index (χ2n) is 3.89. The molecule has 4 heteroatoms. The van der Waals surface area contributed by atoms with E-state index in [4.69, 9.17) is 29.3 Å². The number of hydrogen-bond donors (Lipinski definition) is 0. The SMILES string of the molecule is [2H]c1cc(OC)cc2c(Cl)c3ccc(Cl)cc3nc12. The Morgan fingerprint density at radius 3 is 2.72 bits per heavy atom. The van der Waals surface area contributed by atoms with Crippen molar-refractivity contribution in [2.24, 2.45) is 0 Å². The Hall–Kier alpha value is -1.51. The van der Waals surface area contributed by atoms with Gasteiger partial charge in [0.25, 0.3) is 0 Å². The smallest absolute Gasteiger partial charge is 0.119 e. The molecule has 90 valence electrons. The van der Waals surface area contributed by atoms with E-state index in [-0.39, 0.29) is 6.04 Å². The molecule has 18 heavy (non-hydrogen) atoms. The number of pyridine rings is 1. The average Bonchev–Trinajstić information content (AvgIpc) is 2.39. The molecule has 1 heterocycles. The van der Waals surface area contributed by atoms with Gasteiger partial charge in [-0.3, -0.25) is 0 Å². The van der Waals surface area contributed by atoms with Gasteiger partial charge in [0.2, 0.25) is 0 Å². The fraction of sp³-hybridized carbons (Fsp3) is 0.0714. The third-order valence-electron chi connectivity index (χ3n) is 2.79. The molecule has 0 aliphatic carbocycles. The summed E-state index contributed by atoms with van der Waals surface area (Å²) < 4.78 is 13.2. The number of halogens is 2. The monoisotopic (exact) mass is 278 g/mol. The van der Waals surface area contributed by atoms with Crippen molar-refractivity contribution in [3.63, 3.8) is 0 Å². The van der Waals surface area contributed by atoms with E-state index in [1.807, 2.05) is 6.07 Å². The summed E-state index contributed by atoms with van der Waals surface area (Å²) in [5.41, 5.74) is 1.23. The molecule has 3 aromatic rings. The highest BCUT2D eigenvalue weighted by atomic mass is 35.5. The molecule has 2 aromatic carbocycles. The van der Waals surface area contributed by atoms with Crippen molar-refractivity contribution in [1.29, 1.82) is 0 Å². The van der Waals surface area contributed by atoms with E-state index in [9.17, 15) is 0 Å². The molecule has 0 aliphatic heterocycles. The molecule has 0 saturated carbocycles. The zero-order valence-corrected chi connectivity index (χ0v) is 11.0. The van der Waals surface area contributed by atoms with Crippen molar-refractivity contribution in [2.75, 3.05) is 7.11 Å². The maximum Gasteiger partial charge on any atom is 0.119 e. The molecule has 0 unspecified atom stereocenters. The van der Waals surface area contributed by atoms with Crippen LogP contribution in [-0.2, 0) is 0 Å². The van der Waals surface area contributed by atoms with Gasteiger partial charge in [-0.15, -0.1) is 0 Å². The van der Waals surface area contributed by atoms with Gasteiger partial charge in [-0.05, 0) is 36.4 Å². The summed E-state index contributed by atoms with van der Waals surface area (Å²) in [6.45, 7) is 0. The maximum atomic E-state index is 8.00. The number of ether oxygens (including phenoxy) is 1. The Kier molecular flexibility index (Phi) is 2.49. The molecule has 3 rings (SSSR count). The second kappa shape index (κ2) is 4.30. The van der Waals surface area contributed by atoms with Crippen LogP contribution < -0.4 is 4.74 Å². The number of aromatic nitrogens is 1. The van der Waals surface area contributed by atoms with Crippen LogP contribution in [0.5, 0.6) is 5.75 Å². The van der Waals surface area contributed by atoms with Crippen molar-refractivity contribution < 1.29 is 6.11 Å². The summed E-state index contributed by atoms with van der Waals surface area (Å²) in [7, 11) is 1.56. The molecule has 0 fully saturated rings. The largest absolute Gasteiger partial charge is 0.497 e. The minimum absolute atomic E-state index is 0.276. The standard InChI is InChI=1S/C14H9Cl2NO/c1-18-9-3-5-12-11(7-9)14(16)10-4-2-8(15)6-13(10)17-12/h2-7H,1H3/i5D.